The SMILES string of the molecule is N#C/C(=C(/O)CSc1nnc(Cc2ccccc2)o1)c1nc2ccccc2s1. The second-order valence-electron chi connectivity index (χ2n) is 5.83. The van der Waals surface area contributed by atoms with E-state index in [4.69, 9.17) is 4.42 Å². The summed E-state index contributed by atoms with van der Waals surface area (Å²) in [4.78, 5) is 4.43. The van der Waals surface area contributed by atoms with Crippen molar-refractivity contribution >= 4 is 38.9 Å². The third-order valence-electron chi connectivity index (χ3n) is 3.89. The molecule has 4 aromatic rings. The van der Waals surface area contributed by atoms with Crippen LogP contribution in [0.25, 0.3) is 15.8 Å². The molecule has 0 aliphatic heterocycles. The van der Waals surface area contributed by atoms with Crippen molar-refractivity contribution < 1.29 is 9.52 Å². The lowest BCUT2D eigenvalue weighted by atomic mass is 10.2. The van der Waals surface area contributed by atoms with Crippen molar-refractivity contribution in [1.82, 2.24) is 15.2 Å². The Bertz CT molecular complexity index is 1140. The average molecular weight is 406 g/mol. The third kappa shape index (κ3) is 4.06. The van der Waals surface area contributed by atoms with Crippen LogP contribution >= 0.6 is 23.1 Å². The fraction of sp³-hybridized carbons (Fsp3) is 0.100. The predicted octanol–water partition coefficient (Wildman–Crippen LogP) is 4.86. The molecule has 0 aliphatic carbocycles. The second kappa shape index (κ2) is 8.25. The summed E-state index contributed by atoms with van der Waals surface area (Å²) in [6, 6.07) is 19.5. The van der Waals surface area contributed by atoms with Crippen LogP contribution in [0.4, 0.5) is 0 Å². The van der Waals surface area contributed by atoms with Gasteiger partial charge in [-0.15, -0.1) is 21.5 Å². The first kappa shape index (κ1) is 18.2. The number of nitrogens with zero attached hydrogens (tertiary/aromatic N) is 4. The van der Waals surface area contributed by atoms with Gasteiger partial charge in [-0.3, -0.25) is 0 Å². The molecule has 0 atom stereocenters. The zero-order valence-corrected chi connectivity index (χ0v) is 16.2. The first-order valence-corrected chi connectivity index (χ1v) is 10.2. The van der Waals surface area contributed by atoms with E-state index in [9.17, 15) is 10.4 Å². The van der Waals surface area contributed by atoms with E-state index in [1.54, 1.807) is 0 Å². The van der Waals surface area contributed by atoms with Gasteiger partial charge in [-0.1, -0.05) is 54.2 Å². The van der Waals surface area contributed by atoms with Crippen molar-refractivity contribution in [3.63, 3.8) is 0 Å². The van der Waals surface area contributed by atoms with Gasteiger partial charge in [0.1, 0.15) is 22.4 Å². The van der Waals surface area contributed by atoms with E-state index in [0.29, 0.717) is 22.5 Å². The van der Waals surface area contributed by atoms with Crippen LogP contribution in [0.3, 0.4) is 0 Å². The highest BCUT2D eigenvalue weighted by molar-refractivity contribution is 7.99. The van der Waals surface area contributed by atoms with Crippen molar-refractivity contribution in [3.8, 4) is 6.07 Å². The van der Waals surface area contributed by atoms with Gasteiger partial charge in [-0.25, -0.2) is 4.98 Å². The summed E-state index contributed by atoms with van der Waals surface area (Å²) in [5.74, 6) is 0.587. The van der Waals surface area contributed by atoms with Crippen LogP contribution in [0.2, 0.25) is 0 Å². The predicted molar refractivity (Wildman–Crippen MR) is 109 cm³/mol. The molecule has 2 aromatic carbocycles. The quantitative estimate of drug-likeness (QED) is 0.278. The summed E-state index contributed by atoms with van der Waals surface area (Å²) >= 11 is 2.56. The Balaban J connectivity index is 1.46. The van der Waals surface area contributed by atoms with Gasteiger partial charge < -0.3 is 9.52 Å². The number of para-hydroxylation sites is 1. The number of aliphatic hydroxyl groups is 1. The maximum atomic E-state index is 10.4. The number of thioether (sulfide) groups is 1. The zero-order valence-electron chi connectivity index (χ0n) is 14.6. The molecular weight excluding hydrogens is 392 g/mol. The monoisotopic (exact) mass is 406 g/mol. The molecule has 0 bridgehead atoms. The van der Waals surface area contributed by atoms with Crippen molar-refractivity contribution in [2.45, 2.75) is 11.6 Å². The van der Waals surface area contributed by atoms with Crippen molar-refractivity contribution in [2.75, 3.05) is 5.75 Å². The summed E-state index contributed by atoms with van der Waals surface area (Å²) < 4.78 is 6.58. The molecule has 0 amide bonds. The standard InChI is InChI=1S/C20H14N4O2S2/c21-11-14(19-22-15-8-4-5-9-17(15)28-19)16(25)12-27-20-24-23-18(26-20)10-13-6-2-1-3-7-13/h1-9,25H,10,12H2/b16-14-. The van der Waals surface area contributed by atoms with Crippen molar-refractivity contribution in [1.29, 1.82) is 5.26 Å². The normalized spacial score (nSPS) is 12.0. The van der Waals surface area contributed by atoms with E-state index in [-0.39, 0.29) is 17.1 Å². The number of hydrogen-bond acceptors (Lipinski definition) is 8. The smallest absolute Gasteiger partial charge is 0.277 e. The summed E-state index contributed by atoms with van der Waals surface area (Å²) in [6.45, 7) is 0. The lowest BCUT2D eigenvalue weighted by Gasteiger charge is -2.00. The van der Waals surface area contributed by atoms with Gasteiger partial charge in [0, 0.05) is 0 Å². The molecule has 1 N–H and O–H groups in total. The van der Waals surface area contributed by atoms with Gasteiger partial charge in [-0.2, -0.15) is 5.26 Å². The summed E-state index contributed by atoms with van der Waals surface area (Å²) in [7, 11) is 0. The Kier molecular flexibility index (Phi) is 5.37. The number of allylic oxidation sites excluding steroid dienone is 1. The highest BCUT2D eigenvalue weighted by atomic mass is 32.2. The van der Waals surface area contributed by atoms with E-state index in [1.807, 2.05) is 54.6 Å². The van der Waals surface area contributed by atoms with Gasteiger partial charge in [0.15, 0.2) is 0 Å². The van der Waals surface area contributed by atoms with Crippen LogP contribution in [0, 0.1) is 11.3 Å². The minimum absolute atomic E-state index is 0.0608. The molecule has 2 heterocycles. The van der Waals surface area contributed by atoms with Gasteiger partial charge in [-0.05, 0) is 17.7 Å². The number of benzene rings is 2. The first-order valence-electron chi connectivity index (χ1n) is 8.40. The van der Waals surface area contributed by atoms with E-state index < -0.39 is 0 Å². The number of fused-ring (bicyclic) bond motifs is 1. The Morgan fingerprint density at radius 1 is 1.11 bits per heavy atom. The molecule has 0 saturated carbocycles. The highest BCUT2D eigenvalue weighted by Crippen LogP contribution is 2.29. The lowest BCUT2D eigenvalue weighted by Crippen LogP contribution is -1.92. The van der Waals surface area contributed by atoms with E-state index in [2.05, 4.69) is 21.3 Å². The molecule has 0 unspecified atom stereocenters. The molecule has 8 heteroatoms. The first-order chi connectivity index (χ1) is 13.7. The summed E-state index contributed by atoms with van der Waals surface area (Å²) in [5, 5.41) is 28.8. The van der Waals surface area contributed by atoms with E-state index in [0.717, 1.165) is 15.8 Å². The molecule has 138 valence electrons. The molecular formula is C20H14N4O2S2. The fourth-order valence-electron chi connectivity index (χ4n) is 2.56. The maximum Gasteiger partial charge on any atom is 0.277 e. The second-order valence-corrected chi connectivity index (χ2v) is 7.79. The fourth-order valence-corrected chi connectivity index (χ4v) is 4.20. The summed E-state index contributed by atoms with van der Waals surface area (Å²) in [5.41, 5.74) is 2.05. The summed E-state index contributed by atoms with van der Waals surface area (Å²) in [6.07, 6.45) is 0.547. The molecule has 4 rings (SSSR count). The molecule has 0 aliphatic rings. The van der Waals surface area contributed by atoms with Crippen LogP contribution in [-0.4, -0.2) is 26.0 Å². The molecule has 0 radical (unpaired) electrons. The largest absolute Gasteiger partial charge is 0.510 e. The van der Waals surface area contributed by atoms with Gasteiger partial charge in [0.2, 0.25) is 5.89 Å². The zero-order chi connectivity index (χ0) is 19.3. The van der Waals surface area contributed by atoms with Crippen LogP contribution < -0.4 is 0 Å². The number of thiazole rings is 1. The van der Waals surface area contributed by atoms with Crippen LogP contribution in [0.5, 0.6) is 0 Å². The van der Waals surface area contributed by atoms with Crippen molar-refractivity contribution in [2.24, 2.45) is 0 Å². The Morgan fingerprint density at radius 2 is 1.89 bits per heavy atom. The molecule has 0 spiro atoms. The lowest BCUT2D eigenvalue weighted by molar-refractivity contribution is 0.411. The third-order valence-corrected chi connectivity index (χ3v) is 5.77. The number of hydrogen-bond donors (Lipinski definition) is 1. The number of rotatable bonds is 6. The Morgan fingerprint density at radius 3 is 2.68 bits per heavy atom. The van der Waals surface area contributed by atoms with Crippen LogP contribution in [0.15, 0.2) is 70.0 Å². The number of aliphatic hydroxyl groups excluding tert-OH is 1. The van der Waals surface area contributed by atoms with Crippen molar-refractivity contribution in [3.05, 3.63) is 76.8 Å². The molecule has 6 nitrogen and oxygen atoms in total. The minimum Gasteiger partial charge on any atom is -0.510 e. The maximum absolute atomic E-state index is 10.4. The van der Waals surface area contributed by atoms with Crippen LogP contribution in [-0.2, 0) is 6.42 Å². The molecule has 2 aromatic heterocycles. The topological polar surface area (TPSA) is 95.8 Å². The van der Waals surface area contributed by atoms with E-state index >= 15 is 0 Å². The number of nitriles is 1. The average Bonchev–Trinajstić information content (AvgIpc) is 3.34. The van der Waals surface area contributed by atoms with E-state index in [1.165, 1.54) is 23.1 Å². The molecule has 0 fully saturated rings. The van der Waals surface area contributed by atoms with Gasteiger partial charge >= 0.3 is 0 Å². The van der Waals surface area contributed by atoms with Gasteiger partial charge in [0.25, 0.3) is 5.22 Å². The number of aromatic nitrogens is 3. The molecule has 28 heavy (non-hydrogen) atoms. The minimum atomic E-state index is -0.0608. The molecule has 0 saturated heterocycles. The Hall–Kier alpha value is -3.15. The van der Waals surface area contributed by atoms with Gasteiger partial charge in [0.05, 0.1) is 22.4 Å². The Labute approximate surface area is 169 Å². The van der Waals surface area contributed by atoms with Crippen LogP contribution in [0.1, 0.15) is 16.5 Å². The highest BCUT2D eigenvalue weighted by Gasteiger charge is 2.15.